The molecule has 1 fully saturated rings. The monoisotopic (exact) mass is 459 g/mol. The molecule has 3 rings (SSSR count). The molecule has 0 saturated heterocycles. The molecule has 0 spiro atoms. The summed E-state index contributed by atoms with van der Waals surface area (Å²) < 4.78 is 5.33. The Balaban J connectivity index is 0.00000208. The van der Waals surface area contributed by atoms with Crippen molar-refractivity contribution >= 4 is 41.5 Å². The van der Waals surface area contributed by atoms with Crippen LogP contribution in [-0.4, -0.2) is 25.1 Å². The molecule has 1 aliphatic rings. The molecule has 2 unspecified atom stereocenters. The van der Waals surface area contributed by atoms with E-state index in [1.54, 1.807) is 6.26 Å². The first kappa shape index (κ1) is 19.1. The number of rotatable bonds is 6. The fourth-order valence-corrected chi connectivity index (χ4v) is 2.89. The van der Waals surface area contributed by atoms with Crippen molar-refractivity contribution in [3.05, 3.63) is 59.0 Å². The predicted octanol–water partition coefficient (Wildman–Crippen LogP) is 4.20. The number of nitrogens with one attached hydrogen (secondary N) is 2. The van der Waals surface area contributed by atoms with Crippen molar-refractivity contribution < 1.29 is 4.42 Å². The first-order valence-corrected chi connectivity index (χ1v) is 8.46. The summed E-state index contributed by atoms with van der Waals surface area (Å²) in [6.07, 6.45) is 3.62. The number of nitrogens with zero attached hydrogens (tertiary/aromatic N) is 1. The maximum absolute atomic E-state index is 6.07. The van der Waals surface area contributed by atoms with Gasteiger partial charge in [-0.25, -0.2) is 0 Å². The van der Waals surface area contributed by atoms with Gasteiger partial charge in [-0.15, -0.1) is 24.0 Å². The number of benzene rings is 1. The Kier molecular flexibility index (Phi) is 7.42. The quantitative estimate of drug-likeness (QED) is 0.387. The highest BCUT2D eigenvalue weighted by atomic mass is 127. The van der Waals surface area contributed by atoms with Crippen molar-refractivity contribution in [2.75, 3.05) is 13.1 Å². The van der Waals surface area contributed by atoms with Crippen LogP contribution in [-0.2, 0) is 6.42 Å². The molecule has 24 heavy (non-hydrogen) atoms. The maximum Gasteiger partial charge on any atom is 0.191 e. The Morgan fingerprint density at radius 2 is 2.21 bits per heavy atom. The molecule has 4 nitrogen and oxygen atoms in total. The number of halogens is 2. The Labute approximate surface area is 165 Å². The number of aliphatic imine (C=N–C) groups is 1. The average Bonchev–Trinajstić information content (AvgIpc) is 3.10. The van der Waals surface area contributed by atoms with Gasteiger partial charge in [-0.1, -0.05) is 23.7 Å². The van der Waals surface area contributed by atoms with E-state index in [-0.39, 0.29) is 24.0 Å². The second kappa shape index (κ2) is 9.32. The molecule has 1 saturated carbocycles. The molecule has 1 aromatic heterocycles. The Morgan fingerprint density at radius 1 is 1.33 bits per heavy atom. The number of guanidine groups is 1. The van der Waals surface area contributed by atoms with Crippen molar-refractivity contribution in [3.8, 4) is 0 Å². The van der Waals surface area contributed by atoms with E-state index < -0.39 is 0 Å². The number of hydrogen-bond acceptors (Lipinski definition) is 2. The van der Waals surface area contributed by atoms with Gasteiger partial charge in [0.15, 0.2) is 5.96 Å². The fraction of sp³-hybridized carbons (Fsp3) is 0.389. The van der Waals surface area contributed by atoms with Crippen LogP contribution in [0.15, 0.2) is 52.1 Å². The van der Waals surface area contributed by atoms with Crippen molar-refractivity contribution in [3.63, 3.8) is 0 Å². The van der Waals surface area contributed by atoms with Gasteiger partial charge < -0.3 is 15.1 Å². The van der Waals surface area contributed by atoms with Gasteiger partial charge in [0.1, 0.15) is 5.76 Å². The van der Waals surface area contributed by atoms with Crippen LogP contribution in [0.2, 0.25) is 5.02 Å². The van der Waals surface area contributed by atoms with Gasteiger partial charge in [0.25, 0.3) is 0 Å². The van der Waals surface area contributed by atoms with Gasteiger partial charge in [0.05, 0.1) is 6.26 Å². The fourth-order valence-electron chi connectivity index (χ4n) is 2.69. The van der Waals surface area contributed by atoms with Crippen LogP contribution in [0.5, 0.6) is 0 Å². The van der Waals surface area contributed by atoms with E-state index >= 15 is 0 Å². The smallest absolute Gasteiger partial charge is 0.191 e. The van der Waals surface area contributed by atoms with Crippen molar-refractivity contribution in [2.45, 2.75) is 31.7 Å². The summed E-state index contributed by atoms with van der Waals surface area (Å²) in [6, 6.07) is 12.4. The van der Waals surface area contributed by atoms with Crippen molar-refractivity contribution in [1.29, 1.82) is 0 Å². The van der Waals surface area contributed by atoms with Crippen LogP contribution in [0, 0.1) is 0 Å². The van der Waals surface area contributed by atoms with Crippen LogP contribution in [0.3, 0.4) is 0 Å². The summed E-state index contributed by atoms with van der Waals surface area (Å²) >= 11 is 6.07. The zero-order valence-corrected chi connectivity index (χ0v) is 16.8. The first-order valence-electron chi connectivity index (χ1n) is 8.09. The second-order valence-electron chi connectivity index (χ2n) is 5.74. The summed E-state index contributed by atoms with van der Waals surface area (Å²) in [7, 11) is 0. The molecule has 6 heteroatoms. The zero-order valence-electron chi connectivity index (χ0n) is 13.7. The molecule has 1 aromatic carbocycles. The Hall–Kier alpha value is -1.21. The van der Waals surface area contributed by atoms with Crippen molar-refractivity contribution in [2.24, 2.45) is 4.99 Å². The highest BCUT2D eigenvalue weighted by molar-refractivity contribution is 14.0. The summed E-state index contributed by atoms with van der Waals surface area (Å²) in [4.78, 5) is 4.62. The molecule has 0 aliphatic heterocycles. The SMILES string of the molecule is CCNC(=NCCc1ccco1)NC1CC1c1cccc(Cl)c1.I. The molecule has 130 valence electrons. The van der Waals surface area contributed by atoms with Crippen LogP contribution < -0.4 is 10.6 Å². The standard InChI is InChI=1S/C18H22ClN3O.HI/c1-2-20-18(21-9-8-15-7-4-10-23-15)22-17-12-16(17)13-5-3-6-14(19)11-13;/h3-7,10-11,16-17H,2,8-9,12H2,1H3,(H2,20,21,22);1H. The van der Waals surface area contributed by atoms with E-state index in [1.807, 2.05) is 24.3 Å². The van der Waals surface area contributed by atoms with Gasteiger partial charge in [0.2, 0.25) is 0 Å². The second-order valence-corrected chi connectivity index (χ2v) is 6.17. The summed E-state index contributed by atoms with van der Waals surface area (Å²) in [6.45, 7) is 3.63. The maximum atomic E-state index is 6.07. The lowest BCUT2D eigenvalue weighted by molar-refractivity contribution is 0.510. The van der Waals surface area contributed by atoms with Crippen LogP contribution >= 0.6 is 35.6 Å². The lowest BCUT2D eigenvalue weighted by atomic mass is 10.1. The van der Waals surface area contributed by atoms with Crippen LogP contribution in [0.4, 0.5) is 0 Å². The zero-order chi connectivity index (χ0) is 16.1. The molecule has 0 radical (unpaired) electrons. The molecular formula is C18H23ClIN3O. The molecule has 1 heterocycles. The number of furan rings is 1. The van der Waals surface area contributed by atoms with E-state index in [2.05, 4.69) is 34.7 Å². The van der Waals surface area contributed by atoms with E-state index in [0.29, 0.717) is 18.5 Å². The topological polar surface area (TPSA) is 49.6 Å². The third-order valence-electron chi connectivity index (χ3n) is 3.94. The summed E-state index contributed by atoms with van der Waals surface area (Å²) in [5, 5.41) is 7.60. The third-order valence-corrected chi connectivity index (χ3v) is 4.18. The van der Waals surface area contributed by atoms with E-state index in [0.717, 1.165) is 36.1 Å². The summed E-state index contributed by atoms with van der Waals surface area (Å²) in [5.74, 6) is 2.35. The van der Waals surface area contributed by atoms with Gasteiger partial charge in [-0.2, -0.15) is 0 Å². The highest BCUT2D eigenvalue weighted by Crippen LogP contribution is 2.41. The third kappa shape index (κ3) is 5.41. The summed E-state index contributed by atoms with van der Waals surface area (Å²) in [5.41, 5.74) is 1.29. The number of hydrogen-bond donors (Lipinski definition) is 2. The van der Waals surface area contributed by atoms with Crippen LogP contribution in [0.1, 0.15) is 30.6 Å². The normalized spacial score (nSPS) is 19.5. The molecule has 0 bridgehead atoms. The lowest BCUT2D eigenvalue weighted by Gasteiger charge is -2.11. The highest BCUT2D eigenvalue weighted by Gasteiger charge is 2.39. The minimum absolute atomic E-state index is 0. The minimum atomic E-state index is 0. The van der Waals surface area contributed by atoms with Gasteiger partial charge in [0, 0.05) is 36.5 Å². The van der Waals surface area contributed by atoms with Crippen molar-refractivity contribution in [1.82, 2.24) is 10.6 Å². The van der Waals surface area contributed by atoms with E-state index in [9.17, 15) is 0 Å². The molecule has 2 N–H and O–H groups in total. The predicted molar refractivity (Wildman–Crippen MR) is 110 cm³/mol. The van der Waals surface area contributed by atoms with Gasteiger partial charge in [-0.3, -0.25) is 4.99 Å². The Bertz CT molecular complexity index is 660. The van der Waals surface area contributed by atoms with Gasteiger partial charge >= 0.3 is 0 Å². The lowest BCUT2D eigenvalue weighted by Crippen LogP contribution is -2.39. The molecular weight excluding hydrogens is 437 g/mol. The average molecular weight is 460 g/mol. The first-order chi connectivity index (χ1) is 11.3. The minimum Gasteiger partial charge on any atom is -0.469 e. The molecule has 0 amide bonds. The molecule has 2 atom stereocenters. The molecule has 2 aromatic rings. The van der Waals surface area contributed by atoms with E-state index in [1.165, 1.54) is 5.56 Å². The molecule has 1 aliphatic carbocycles. The van der Waals surface area contributed by atoms with E-state index in [4.69, 9.17) is 16.0 Å². The largest absolute Gasteiger partial charge is 0.469 e. The Morgan fingerprint density at radius 3 is 2.92 bits per heavy atom. The van der Waals surface area contributed by atoms with Gasteiger partial charge in [-0.05, 0) is 43.2 Å². The van der Waals surface area contributed by atoms with Crippen LogP contribution in [0.25, 0.3) is 0 Å².